The number of hydrogen-bond donors (Lipinski definition) is 2. The number of nitrogens with two attached hydrogens (primary N) is 1. The molecular formula is C10H15ClN4O. The number of aromatic nitrogens is 2. The number of nitrogens with zero attached hydrogens (tertiary/aromatic N) is 2. The Bertz CT molecular complexity index is 354. The topological polar surface area (TPSA) is 80.9 Å². The summed E-state index contributed by atoms with van der Waals surface area (Å²) in [6.45, 7) is 3.91. The van der Waals surface area contributed by atoms with Crippen LogP contribution in [0.1, 0.15) is 20.3 Å². The molecular weight excluding hydrogens is 228 g/mol. The highest BCUT2D eigenvalue weighted by Gasteiger charge is 2.19. The highest BCUT2D eigenvalue weighted by Crippen LogP contribution is 2.09. The van der Waals surface area contributed by atoms with Gasteiger partial charge in [-0.15, -0.1) is 10.2 Å². The minimum atomic E-state index is -0.539. The summed E-state index contributed by atoms with van der Waals surface area (Å²) in [4.78, 5) is 11.7. The molecule has 0 aromatic carbocycles. The van der Waals surface area contributed by atoms with Gasteiger partial charge in [0.2, 0.25) is 5.91 Å². The SMILES string of the molecule is CCC(C)C(N)C(=O)Nc1ccc(Cl)nn1. The number of hydrogen-bond acceptors (Lipinski definition) is 4. The van der Waals surface area contributed by atoms with E-state index in [0.717, 1.165) is 6.42 Å². The van der Waals surface area contributed by atoms with E-state index in [9.17, 15) is 4.79 Å². The Balaban J connectivity index is 2.60. The van der Waals surface area contributed by atoms with Crippen LogP contribution in [0.25, 0.3) is 0 Å². The van der Waals surface area contributed by atoms with Gasteiger partial charge < -0.3 is 11.1 Å². The van der Waals surface area contributed by atoms with Crippen LogP contribution >= 0.6 is 11.6 Å². The van der Waals surface area contributed by atoms with Crippen molar-refractivity contribution in [3.8, 4) is 0 Å². The molecule has 88 valence electrons. The first-order valence-corrected chi connectivity index (χ1v) is 5.48. The second-order valence-corrected chi connectivity index (χ2v) is 4.03. The van der Waals surface area contributed by atoms with Gasteiger partial charge in [0.05, 0.1) is 6.04 Å². The maximum Gasteiger partial charge on any atom is 0.242 e. The summed E-state index contributed by atoms with van der Waals surface area (Å²) in [5.74, 6) is 0.222. The van der Waals surface area contributed by atoms with E-state index in [0.29, 0.717) is 5.82 Å². The quantitative estimate of drug-likeness (QED) is 0.837. The monoisotopic (exact) mass is 242 g/mol. The molecule has 0 radical (unpaired) electrons. The summed E-state index contributed by atoms with van der Waals surface area (Å²) in [7, 11) is 0. The van der Waals surface area contributed by atoms with Crippen molar-refractivity contribution < 1.29 is 4.79 Å². The van der Waals surface area contributed by atoms with Crippen LogP contribution in [-0.4, -0.2) is 22.1 Å². The van der Waals surface area contributed by atoms with Gasteiger partial charge >= 0.3 is 0 Å². The summed E-state index contributed by atoms with van der Waals surface area (Å²) >= 11 is 5.57. The van der Waals surface area contributed by atoms with E-state index in [-0.39, 0.29) is 17.0 Å². The lowest BCUT2D eigenvalue weighted by Crippen LogP contribution is -2.40. The third-order valence-corrected chi connectivity index (χ3v) is 2.64. The summed E-state index contributed by atoms with van der Waals surface area (Å²) in [6, 6.07) is 2.60. The smallest absolute Gasteiger partial charge is 0.242 e. The molecule has 6 heteroatoms. The van der Waals surface area contributed by atoms with E-state index >= 15 is 0 Å². The second-order valence-electron chi connectivity index (χ2n) is 3.64. The Morgan fingerprint density at radius 1 is 1.56 bits per heavy atom. The summed E-state index contributed by atoms with van der Waals surface area (Å²) < 4.78 is 0. The lowest BCUT2D eigenvalue weighted by atomic mass is 9.99. The summed E-state index contributed by atoms with van der Waals surface area (Å²) in [6.07, 6.45) is 0.848. The average molecular weight is 243 g/mol. The Hall–Kier alpha value is -1.20. The van der Waals surface area contributed by atoms with Crippen molar-refractivity contribution in [3.63, 3.8) is 0 Å². The third kappa shape index (κ3) is 3.43. The van der Waals surface area contributed by atoms with Gasteiger partial charge in [0.25, 0.3) is 0 Å². The van der Waals surface area contributed by atoms with Gasteiger partial charge in [-0.1, -0.05) is 31.9 Å². The van der Waals surface area contributed by atoms with Crippen LogP contribution in [0.3, 0.4) is 0 Å². The van der Waals surface area contributed by atoms with Crippen molar-refractivity contribution in [3.05, 3.63) is 17.3 Å². The number of carbonyl (C=O) groups is 1. The average Bonchev–Trinajstić information content (AvgIpc) is 2.30. The number of carbonyl (C=O) groups excluding carboxylic acids is 1. The molecule has 0 spiro atoms. The van der Waals surface area contributed by atoms with Crippen molar-refractivity contribution >= 4 is 23.3 Å². The second kappa shape index (κ2) is 5.77. The maximum atomic E-state index is 11.7. The molecule has 0 bridgehead atoms. The van der Waals surface area contributed by atoms with Crippen LogP contribution in [0, 0.1) is 5.92 Å². The fourth-order valence-corrected chi connectivity index (χ4v) is 1.21. The Labute approximate surface area is 99.4 Å². The summed E-state index contributed by atoms with van der Waals surface area (Å²) in [5.41, 5.74) is 5.76. The molecule has 1 heterocycles. The van der Waals surface area contributed by atoms with Crippen LogP contribution in [0.4, 0.5) is 5.82 Å². The predicted octanol–water partition coefficient (Wildman–Crippen LogP) is 1.44. The van der Waals surface area contributed by atoms with Gasteiger partial charge in [0.1, 0.15) is 0 Å². The Morgan fingerprint density at radius 3 is 2.75 bits per heavy atom. The molecule has 0 aliphatic rings. The van der Waals surface area contributed by atoms with Crippen LogP contribution < -0.4 is 11.1 Å². The molecule has 0 aliphatic heterocycles. The molecule has 1 aromatic rings. The van der Waals surface area contributed by atoms with Crippen molar-refractivity contribution in [2.24, 2.45) is 11.7 Å². The highest BCUT2D eigenvalue weighted by atomic mass is 35.5. The molecule has 0 aliphatic carbocycles. The molecule has 1 aromatic heterocycles. The van der Waals surface area contributed by atoms with E-state index < -0.39 is 6.04 Å². The molecule has 16 heavy (non-hydrogen) atoms. The number of anilines is 1. The molecule has 0 saturated heterocycles. The molecule has 3 N–H and O–H groups in total. The standard InChI is InChI=1S/C10H15ClN4O/c1-3-6(2)9(12)10(16)13-8-5-4-7(11)14-15-8/h4-6,9H,3,12H2,1-2H3,(H,13,15,16). The van der Waals surface area contributed by atoms with Crippen LogP contribution in [0.2, 0.25) is 5.15 Å². The molecule has 5 nitrogen and oxygen atoms in total. The van der Waals surface area contributed by atoms with Gasteiger partial charge in [-0.2, -0.15) is 0 Å². The van der Waals surface area contributed by atoms with E-state index in [1.54, 1.807) is 12.1 Å². The van der Waals surface area contributed by atoms with Crippen molar-refractivity contribution in [2.75, 3.05) is 5.32 Å². The van der Waals surface area contributed by atoms with Crippen molar-refractivity contribution in [2.45, 2.75) is 26.3 Å². The van der Waals surface area contributed by atoms with Crippen LogP contribution in [-0.2, 0) is 4.79 Å². The molecule has 1 rings (SSSR count). The van der Waals surface area contributed by atoms with Gasteiger partial charge in [-0.25, -0.2) is 0 Å². The van der Waals surface area contributed by atoms with Crippen molar-refractivity contribution in [1.82, 2.24) is 10.2 Å². The number of amides is 1. The largest absolute Gasteiger partial charge is 0.320 e. The molecule has 2 atom stereocenters. The Kier molecular flexibility index (Phi) is 4.64. The zero-order valence-electron chi connectivity index (χ0n) is 9.27. The first-order chi connectivity index (χ1) is 7.54. The van der Waals surface area contributed by atoms with E-state index in [2.05, 4.69) is 15.5 Å². The normalized spacial score (nSPS) is 14.2. The minimum absolute atomic E-state index is 0.125. The zero-order valence-corrected chi connectivity index (χ0v) is 10.0. The minimum Gasteiger partial charge on any atom is -0.320 e. The van der Waals surface area contributed by atoms with Gasteiger partial charge in [-0.05, 0) is 18.1 Å². The van der Waals surface area contributed by atoms with Gasteiger partial charge in [0.15, 0.2) is 11.0 Å². The highest BCUT2D eigenvalue weighted by molar-refractivity contribution is 6.29. The first-order valence-electron chi connectivity index (χ1n) is 5.10. The summed E-state index contributed by atoms with van der Waals surface area (Å²) in [5, 5.41) is 10.2. The number of nitrogens with one attached hydrogen (secondary N) is 1. The lowest BCUT2D eigenvalue weighted by molar-refractivity contribution is -0.118. The van der Waals surface area contributed by atoms with E-state index in [1.165, 1.54) is 0 Å². The van der Waals surface area contributed by atoms with Crippen LogP contribution in [0.5, 0.6) is 0 Å². The fraction of sp³-hybridized carbons (Fsp3) is 0.500. The predicted molar refractivity (Wildman–Crippen MR) is 63.1 cm³/mol. The molecule has 0 fully saturated rings. The van der Waals surface area contributed by atoms with E-state index in [4.69, 9.17) is 17.3 Å². The Morgan fingerprint density at radius 2 is 2.25 bits per heavy atom. The van der Waals surface area contributed by atoms with E-state index in [1.807, 2.05) is 13.8 Å². The maximum absolute atomic E-state index is 11.7. The van der Waals surface area contributed by atoms with Gasteiger partial charge in [-0.3, -0.25) is 4.79 Å². The first kappa shape index (κ1) is 12.9. The van der Waals surface area contributed by atoms with Crippen molar-refractivity contribution in [1.29, 1.82) is 0 Å². The van der Waals surface area contributed by atoms with Gasteiger partial charge in [0, 0.05) is 0 Å². The lowest BCUT2D eigenvalue weighted by Gasteiger charge is -2.16. The molecule has 1 amide bonds. The molecule has 0 saturated carbocycles. The number of halogens is 1. The fourth-order valence-electron chi connectivity index (χ4n) is 1.10. The van der Waals surface area contributed by atoms with Crippen LogP contribution in [0.15, 0.2) is 12.1 Å². The number of rotatable bonds is 4. The third-order valence-electron chi connectivity index (χ3n) is 2.44. The molecule has 2 unspecified atom stereocenters. The zero-order chi connectivity index (χ0) is 12.1.